The van der Waals surface area contributed by atoms with Crippen LogP contribution in [0.25, 0.3) is 0 Å². The Morgan fingerprint density at radius 1 is 1.30 bits per heavy atom. The summed E-state index contributed by atoms with van der Waals surface area (Å²) in [7, 11) is 0.463. The van der Waals surface area contributed by atoms with Crippen molar-refractivity contribution in [2.75, 3.05) is 32.5 Å². The summed E-state index contributed by atoms with van der Waals surface area (Å²) in [5.41, 5.74) is 0. The summed E-state index contributed by atoms with van der Waals surface area (Å²) in [5, 5.41) is 3.20. The van der Waals surface area contributed by atoms with Crippen molar-refractivity contribution >= 4 is 15.8 Å². The van der Waals surface area contributed by atoms with Crippen molar-refractivity contribution in [3.05, 3.63) is 42.5 Å². The van der Waals surface area contributed by atoms with Crippen LogP contribution < -0.4 is 10.0 Å². The van der Waals surface area contributed by atoms with Crippen LogP contribution in [0, 0.1) is 0 Å². The lowest BCUT2D eigenvalue weighted by atomic mass is 10.2. The monoisotopic (exact) mass is 338 g/mol. The summed E-state index contributed by atoms with van der Waals surface area (Å²) < 4.78 is 31.6. The van der Waals surface area contributed by atoms with E-state index >= 15 is 0 Å². The van der Waals surface area contributed by atoms with Crippen LogP contribution in [-0.2, 0) is 10.0 Å². The van der Waals surface area contributed by atoms with Gasteiger partial charge in [0, 0.05) is 19.3 Å². The lowest BCUT2D eigenvalue weighted by Crippen LogP contribution is -2.26. The maximum atomic E-state index is 11.9. The number of nitrogens with zero attached hydrogens (tertiary/aromatic N) is 2. The van der Waals surface area contributed by atoms with Crippen molar-refractivity contribution in [1.29, 1.82) is 0 Å². The zero-order chi connectivity index (χ0) is 16.9. The highest BCUT2D eigenvalue weighted by Gasteiger charge is 2.17. The molecule has 0 bridgehead atoms. The van der Waals surface area contributed by atoms with Crippen LogP contribution in [0.4, 0.5) is 5.82 Å². The van der Waals surface area contributed by atoms with E-state index < -0.39 is 10.0 Å². The van der Waals surface area contributed by atoms with E-state index in [1.807, 2.05) is 31.1 Å². The van der Waals surface area contributed by atoms with Gasteiger partial charge in [0.25, 0.3) is 0 Å². The van der Waals surface area contributed by atoms with E-state index in [2.05, 4.69) is 15.0 Å². The molecule has 2 heterocycles. The van der Waals surface area contributed by atoms with Gasteiger partial charge in [0.15, 0.2) is 0 Å². The lowest BCUT2D eigenvalue weighted by molar-refractivity contribution is 0.269. The third-order valence-electron chi connectivity index (χ3n) is 3.35. The summed E-state index contributed by atoms with van der Waals surface area (Å²) in [6.07, 6.45) is 2.99. The molecule has 2 N–H and O–H groups in total. The van der Waals surface area contributed by atoms with E-state index in [0.29, 0.717) is 18.9 Å². The molecule has 0 fully saturated rings. The van der Waals surface area contributed by atoms with E-state index in [0.717, 1.165) is 5.76 Å². The van der Waals surface area contributed by atoms with Crippen molar-refractivity contribution in [2.45, 2.75) is 17.9 Å². The number of sulfonamides is 1. The normalized spacial score (nSPS) is 13.2. The second-order valence-corrected chi connectivity index (χ2v) is 7.02. The summed E-state index contributed by atoms with van der Waals surface area (Å²) >= 11 is 0. The Bertz CT molecular complexity index is 697. The number of rotatable bonds is 8. The highest BCUT2D eigenvalue weighted by Crippen LogP contribution is 2.19. The second kappa shape index (κ2) is 7.58. The fraction of sp³-hybridized carbons (Fsp3) is 0.400. The van der Waals surface area contributed by atoms with E-state index in [-0.39, 0.29) is 10.9 Å². The molecule has 0 amide bonds. The molecule has 0 radical (unpaired) electrons. The van der Waals surface area contributed by atoms with Crippen LogP contribution >= 0.6 is 0 Å². The first-order chi connectivity index (χ1) is 10.9. The molecule has 8 heteroatoms. The van der Waals surface area contributed by atoms with Crippen molar-refractivity contribution in [3.8, 4) is 0 Å². The first-order valence-electron chi connectivity index (χ1n) is 7.33. The Morgan fingerprint density at radius 2 is 2.09 bits per heavy atom. The molecule has 0 saturated heterocycles. The molecule has 126 valence electrons. The number of pyridine rings is 1. The molecule has 0 aliphatic rings. The van der Waals surface area contributed by atoms with Crippen LogP contribution in [0.2, 0.25) is 0 Å². The average Bonchev–Trinajstić information content (AvgIpc) is 3.01. The molecule has 23 heavy (non-hydrogen) atoms. The van der Waals surface area contributed by atoms with Crippen molar-refractivity contribution < 1.29 is 12.8 Å². The minimum atomic E-state index is -3.47. The molecule has 2 aromatic rings. The molecule has 2 aromatic heterocycles. The molecule has 0 aromatic carbocycles. The second-order valence-electron chi connectivity index (χ2n) is 5.26. The molecular weight excluding hydrogens is 316 g/mol. The fourth-order valence-corrected chi connectivity index (χ4v) is 3.12. The Balaban J connectivity index is 2.03. The largest absolute Gasteiger partial charge is 0.468 e. The van der Waals surface area contributed by atoms with Gasteiger partial charge in [0.05, 0.1) is 12.3 Å². The van der Waals surface area contributed by atoms with Gasteiger partial charge in [-0.25, -0.2) is 18.1 Å². The Hall–Kier alpha value is -1.90. The number of hydrogen-bond acceptors (Lipinski definition) is 6. The molecule has 7 nitrogen and oxygen atoms in total. The van der Waals surface area contributed by atoms with Gasteiger partial charge >= 0.3 is 0 Å². The predicted octanol–water partition coefficient (Wildman–Crippen LogP) is 1.69. The standard InChI is InChI=1S/C15H22N4O3S/c1-4-18-23(20,21)12-7-8-15(16-10-12)17-11-13(19(2)3)14-6-5-9-22-14/h5-10,13,18H,4,11H2,1-3H3,(H,16,17)/t13-/m1/s1. The number of aromatic nitrogens is 1. The van der Waals surface area contributed by atoms with Crippen molar-refractivity contribution in [2.24, 2.45) is 0 Å². The topological polar surface area (TPSA) is 87.5 Å². The number of anilines is 1. The van der Waals surface area contributed by atoms with E-state index in [1.54, 1.807) is 19.3 Å². The highest BCUT2D eigenvalue weighted by atomic mass is 32.2. The van der Waals surface area contributed by atoms with Crippen LogP contribution in [0.1, 0.15) is 18.7 Å². The minimum absolute atomic E-state index is 0.0527. The van der Waals surface area contributed by atoms with E-state index in [4.69, 9.17) is 4.42 Å². The highest BCUT2D eigenvalue weighted by molar-refractivity contribution is 7.89. The number of furan rings is 1. The predicted molar refractivity (Wildman–Crippen MR) is 88.7 cm³/mol. The molecule has 1 atom stereocenters. The average molecular weight is 338 g/mol. The van der Waals surface area contributed by atoms with E-state index in [1.165, 1.54) is 12.3 Å². The Kier molecular flexibility index (Phi) is 5.75. The summed E-state index contributed by atoms with van der Waals surface area (Å²) in [6, 6.07) is 7.01. The fourth-order valence-electron chi connectivity index (χ4n) is 2.14. The molecule has 0 aliphatic carbocycles. The smallest absolute Gasteiger partial charge is 0.242 e. The van der Waals surface area contributed by atoms with Gasteiger partial charge < -0.3 is 9.73 Å². The number of hydrogen-bond donors (Lipinski definition) is 2. The number of nitrogens with one attached hydrogen (secondary N) is 2. The first-order valence-corrected chi connectivity index (χ1v) is 8.81. The van der Waals surface area contributed by atoms with Crippen LogP contribution in [-0.4, -0.2) is 45.5 Å². The first kappa shape index (κ1) is 17.5. The molecule has 0 aliphatic heterocycles. The minimum Gasteiger partial charge on any atom is -0.468 e. The third kappa shape index (κ3) is 4.54. The van der Waals surface area contributed by atoms with Crippen molar-refractivity contribution in [3.63, 3.8) is 0 Å². The molecule has 0 saturated carbocycles. The maximum absolute atomic E-state index is 11.9. The zero-order valence-corrected chi connectivity index (χ0v) is 14.3. The summed E-state index contributed by atoms with van der Waals surface area (Å²) in [5.74, 6) is 1.47. The van der Waals surface area contributed by atoms with Crippen LogP contribution in [0.15, 0.2) is 46.0 Å². The quantitative estimate of drug-likeness (QED) is 0.761. The maximum Gasteiger partial charge on any atom is 0.242 e. The summed E-state index contributed by atoms with van der Waals surface area (Å²) in [4.78, 5) is 6.35. The van der Waals surface area contributed by atoms with Gasteiger partial charge in [0.2, 0.25) is 10.0 Å². The molecule has 0 unspecified atom stereocenters. The molecule has 2 rings (SSSR count). The SMILES string of the molecule is CCNS(=O)(=O)c1ccc(NC[C@H](c2ccco2)N(C)C)nc1. The van der Waals surface area contributed by atoms with Gasteiger partial charge in [-0.05, 0) is 38.4 Å². The zero-order valence-electron chi connectivity index (χ0n) is 13.5. The Morgan fingerprint density at radius 3 is 2.61 bits per heavy atom. The van der Waals surface area contributed by atoms with Gasteiger partial charge in [-0.1, -0.05) is 6.92 Å². The van der Waals surface area contributed by atoms with Gasteiger partial charge in [-0.15, -0.1) is 0 Å². The van der Waals surface area contributed by atoms with Crippen LogP contribution in [0.5, 0.6) is 0 Å². The molecular formula is C15H22N4O3S. The Labute approximate surface area is 136 Å². The van der Waals surface area contributed by atoms with Gasteiger partial charge in [-0.2, -0.15) is 0 Å². The van der Waals surface area contributed by atoms with Crippen LogP contribution in [0.3, 0.4) is 0 Å². The third-order valence-corrected chi connectivity index (χ3v) is 4.88. The van der Waals surface area contributed by atoms with E-state index in [9.17, 15) is 8.42 Å². The van der Waals surface area contributed by atoms with Gasteiger partial charge in [0.1, 0.15) is 16.5 Å². The molecule has 0 spiro atoms. The van der Waals surface area contributed by atoms with Gasteiger partial charge in [-0.3, -0.25) is 4.90 Å². The number of likely N-dealkylation sites (N-methyl/N-ethyl adjacent to an activating group) is 1. The lowest BCUT2D eigenvalue weighted by Gasteiger charge is -2.22. The summed E-state index contributed by atoms with van der Waals surface area (Å²) in [6.45, 7) is 2.67. The van der Waals surface area contributed by atoms with Crippen molar-refractivity contribution in [1.82, 2.24) is 14.6 Å².